The highest BCUT2D eigenvalue weighted by Crippen LogP contribution is 2.35. The molecular formula is C15H14F3N2O-. The molecule has 2 aromatic carbocycles. The van der Waals surface area contributed by atoms with Crippen molar-refractivity contribution in [2.75, 3.05) is 19.0 Å². The third-order valence-electron chi connectivity index (χ3n) is 2.88. The molecule has 0 aliphatic heterocycles. The number of benzene rings is 2. The maximum Gasteiger partial charge on any atom is 0.573 e. The molecule has 6 heteroatoms. The van der Waals surface area contributed by atoms with Gasteiger partial charge in [-0.1, -0.05) is 24.3 Å². The van der Waals surface area contributed by atoms with Gasteiger partial charge in [-0.2, -0.15) is 0 Å². The second-order valence-electron chi connectivity index (χ2n) is 4.70. The van der Waals surface area contributed by atoms with E-state index in [2.05, 4.69) is 4.74 Å². The lowest BCUT2D eigenvalue weighted by atomic mass is 10.0. The Balaban J connectivity index is 2.49. The summed E-state index contributed by atoms with van der Waals surface area (Å²) >= 11 is 0. The lowest BCUT2D eigenvalue weighted by Gasteiger charge is -2.19. The van der Waals surface area contributed by atoms with Crippen LogP contribution in [0.4, 0.5) is 24.5 Å². The van der Waals surface area contributed by atoms with Gasteiger partial charge in [0, 0.05) is 25.3 Å². The van der Waals surface area contributed by atoms with Crippen LogP contribution in [0.3, 0.4) is 0 Å². The van der Waals surface area contributed by atoms with Gasteiger partial charge in [0.05, 0.1) is 0 Å². The van der Waals surface area contributed by atoms with E-state index < -0.39 is 6.36 Å². The van der Waals surface area contributed by atoms with Crippen molar-refractivity contribution in [1.29, 1.82) is 0 Å². The van der Waals surface area contributed by atoms with Gasteiger partial charge in [0.15, 0.2) is 0 Å². The molecule has 0 unspecified atom stereocenters. The Hall–Kier alpha value is -2.37. The average molecular weight is 295 g/mol. The summed E-state index contributed by atoms with van der Waals surface area (Å²) in [7, 11) is 3.62. The van der Waals surface area contributed by atoms with Crippen molar-refractivity contribution in [2.24, 2.45) is 0 Å². The zero-order valence-electron chi connectivity index (χ0n) is 11.5. The fraction of sp³-hybridized carbons (Fsp3) is 0.200. The molecule has 1 N–H and O–H groups in total. The molecule has 2 aromatic rings. The van der Waals surface area contributed by atoms with Crippen LogP contribution in [0.25, 0.3) is 16.9 Å². The van der Waals surface area contributed by atoms with E-state index in [-0.39, 0.29) is 5.75 Å². The van der Waals surface area contributed by atoms with Crippen molar-refractivity contribution in [3.63, 3.8) is 0 Å². The van der Waals surface area contributed by atoms with E-state index in [0.717, 1.165) is 11.3 Å². The van der Waals surface area contributed by atoms with E-state index >= 15 is 0 Å². The Morgan fingerprint density at radius 1 is 1.00 bits per heavy atom. The van der Waals surface area contributed by atoms with Crippen LogP contribution < -0.4 is 9.64 Å². The number of ether oxygens (including phenoxy) is 1. The number of nitrogens with one attached hydrogen (secondary N) is 1. The minimum absolute atomic E-state index is 0.266. The van der Waals surface area contributed by atoms with Gasteiger partial charge in [0.1, 0.15) is 5.75 Å². The smallest absolute Gasteiger partial charge is 0.573 e. The fourth-order valence-corrected chi connectivity index (χ4v) is 1.98. The summed E-state index contributed by atoms with van der Waals surface area (Å²) in [6, 6.07) is 10.8. The fourth-order valence-electron chi connectivity index (χ4n) is 1.98. The topological polar surface area (TPSA) is 36.3 Å². The minimum atomic E-state index is -4.72. The highest BCUT2D eigenvalue weighted by Gasteiger charge is 2.31. The van der Waals surface area contributed by atoms with Gasteiger partial charge in [-0.25, -0.2) is 0 Å². The van der Waals surface area contributed by atoms with Crippen molar-refractivity contribution in [3.05, 3.63) is 48.2 Å². The highest BCUT2D eigenvalue weighted by molar-refractivity contribution is 5.80. The van der Waals surface area contributed by atoms with Gasteiger partial charge in [0.25, 0.3) is 0 Å². The van der Waals surface area contributed by atoms with Gasteiger partial charge in [-0.15, -0.1) is 18.9 Å². The van der Waals surface area contributed by atoms with E-state index in [9.17, 15) is 13.2 Å². The molecule has 0 heterocycles. The summed E-state index contributed by atoms with van der Waals surface area (Å²) < 4.78 is 41.0. The Kier molecular flexibility index (Phi) is 3.97. The number of hydrogen-bond donors (Lipinski definition) is 0. The molecule has 0 atom stereocenters. The predicted octanol–water partition coefficient (Wildman–Crippen LogP) is 5.00. The van der Waals surface area contributed by atoms with Crippen LogP contribution in [0, 0.1) is 0 Å². The summed E-state index contributed by atoms with van der Waals surface area (Å²) in [5, 5.41) is 0. The van der Waals surface area contributed by atoms with E-state index in [1.807, 2.05) is 14.1 Å². The Morgan fingerprint density at radius 3 is 2.14 bits per heavy atom. The number of alkyl halides is 3. The van der Waals surface area contributed by atoms with E-state index in [1.54, 1.807) is 35.2 Å². The first-order valence-electron chi connectivity index (χ1n) is 6.15. The van der Waals surface area contributed by atoms with Crippen molar-refractivity contribution >= 4 is 11.4 Å². The zero-order chi connectivity index (χ0) is 15.6. The summed E-state index contributed by atoms with van der Waals surface area (Å²) in [5.41, 5.74) is 9.91. The van der Waals surface area contributed by atoms with Gasteiger partial charge in [-0.3, -0.25) is 0 Å². The number of nitrogens with zero attached hydrogens (tertiary/aromatic N) is 1. The summed E-state index contributed by atoms with van der Waals surface area (Å²) in [6.07, 6.45) is -4.72. The first-order chi connectivity index (χ1) is 9.76. The molecule has 0 aliphatic carbocycles. The van der Waals surface area contributed by atoms with Crippen LogP contribution in [-0.2, 0) is 0 Å². The number of halogens is 3. The van der Waals surface area contributed by atoms with Crippen LogP contribution in [0.1, 0.15) is 0 Å². The normalized spacial score (nSPS) is 11.3. The van der Waals surface area contributed by atoms with Crippen LogP contribution in [0.5, 0.6) is 5.75 Å². The summed E-state index contributed by atoms with van der Waals surface area (Å²) in [5.74, 6) is -0.266. The van der Waals surface area contributed by atoms with E-state index in [0.29, 0.717) is 11.3 Å². The molecule has 2 rings (SSSR count). The lowest BCUT2D eigenvalue weighted by molar-refractivity contribution is -0.274. The molecule has 0 aromatic heterocycles. The monoisotopic (exact) mass is 295 g/mol. The van der Waals surface area contributed by atoms with Crippen molar-refractivity contribution in [3.8, 4) is 16.9 Å². The van der Waals surface area contributed by atoms with E-state index in [1.165, 1.54) is 12.1 Å². The number of hydrogen-bond acceptors (Lipinski definition) is 2. The molecule has 0 saturated carbocycles. The molecule has 0 saturated heterocycles. The second kappa shape index (κ2) is 5.55. The Morgan fingerprint density at radius 2 is 1.62 bits per heavy atom. The molecule has 0 amide bonds. The molecular weight excluding hydrogens is 281 g/mol. The maximum absolute atomic E-state index is 12.3. The standard InChI is InChI=1S/C15H14F3N2O/c1-20(2)14-8-7-12(21-15(16,17)18)9-13(14)10-3-5-11(19)6-4-10/h3-9,19H,1-2H3/q-1. The van der Waals surface area contributed by atoms with Crippen molar-refractivity contribution in [2.45, 2.75) is 6.36 Å². The molecule has 0 bridgehead atoms. The van der Waals surface area contributed by atoms with Crippen LogP contribution in [0.15, 0.2) is 42.5 Å². The number of rotatable bonds is 3. The zero-order valence-corrected chi connectivity index (χ0v) is 11.5. The molecule has 0 fully saturated rings. The third-order valence-corrected chi connectivity index (χ3v) is 2.88. The van der Waals surface area contributed by atoms with Gasteiger partial charge < -0.3 is 15.4 Å². The third kappa shape index (κ3) is 3.81. The predicted molar refractivity (Wildman–Crippen MR) is 76.9 cm³/mol. The first kappa shape index (κ1) is 15.0. The van der Waals surface area contributed by atoms with Crippen LogP contribution >= 0.6 is 0 Å². The van der Waals surface area contributed by atoms with Crippen molar-refractivity contribution in [1.82, 2.24) is 0 Å². The largest absolute Gasteiger partial charge is 0.699 e. The summed E-state index contributed by atoms with van der Waals surface area (Å²) in [4.78, 5) is 1.81. The molecule has 0 aliphatic rings. The quantitative estimate of drug-likeness (QED) is 0.798. The van der Waals surface area contributed by atoms with Gasteiger partial charge in [0.2, 0.25) is 0 Å². The van der Waals surface area contributed by atoms with E-state index in [4.69, 9.17) is 5.73 Å². The molecule has 3 nitrogen and oxygen atoms in total. The first-order valence-corrected chi connectivity index (χ1v) is 6.15. The lowest BCUT2D eigenvalue weighted by Crippen LogP contribution is -2.17. The molecule has 0 spiro atoms. The minimum Gasteiger partial charge on any atom is -0.699 e. The second-order valence-corrected chi connectivity index (χ2v) is 4.70. The molecule has 0 radical (unpaired) electrons. The molecule has 21 heavy (non-hydrogen) atoms. The SMILES string of the molecule is CN(C)c1ccc(OC(F)(F)F)cc1-c1ccc([NH-])cc1. The maximum atomic E-state index is 12.3. The Labute approximate surface area is 120 Å². The summed E-state index contributed by atoms with van der Waals surface area (Å²) in [6.45, 7) is 0. The van der Waals surface area contributed by atoms with Crippen LogP contribution in [-0.4, -0.2) is 20.5 Å². The highest BCUT2D eigenvalue weighted by atomic mass is 19.4. The Bertz CT molecular complexity index is 622. The number of anilines is 1. The molecule has 112 valence electrons. The van der Waals surface area contributed by atoms with Crippen molar-refractivity contribution < 1.29 is 17.9 Å². The van der Waals surface area contributed by atoms with Crippen LogP contribution in [0.2, 0.25) is 0 Å². The van der Waals surface area contributed by atoms with Gasteiger partial charge in [-0.05, 0) is 23.8 Å². The van der Waals surface area contributed by atoms with Gasteiger partial charge >= 0.3 is 6.36 Å². The average Bonchev–Trinajstić information content (AvgIpc) is 2.37.